The van der Waals surface area contributed by atoms with Gasteiger partial charge in [0.05, 0.1) is 21.7 Å². The number of carbonyl (C=O) groups excluding carboxylic acids is 1. The van der Waals surface area contributed by atoms with Crippen molar-refractivity contribution in [1.29, 1.82) is 0 Å². The van der Waals surface area contributed by atoms with Crippen LogP contribution >= 0.6 is 0 Å². The number of nitrogens with zero attached hydrogens (tertiary/aromatic N) is 1. The zero-order valence-corrected chi connectivity index (χ0v) is 18.9. The number of aliphatic hydroxyl groups excluding tert-OH is 1. The molecule has 2 rings (SSSR count). The maximum absolute atomic E-state index is 12.9. The van der Waals surface area contributed by atoms with Gasteiger partial charge in [-0.1, -0.05) is 23.4 Å². The Hall–Kier alpha value is -2.91. The van der Waals surface area contributed by atoms with Crippen molar-refractivity contribution in [3.63, 3.8) is 0 Å². The van der Waals surface area contributed by atoms with Gasteiger partial charge in [-0.3, -0.25) is 9.52 Å². The highest BCUT2D eigenvalue weighted by molar-refractivity contribution is 7.92. The summed E-state index contributed by atoms with van der Waals surface area (Å²) in [5.41, 5.74) is 0.723. The van der Waals surface area contributed by atoms with E-state index in [1.165, 1.54) is 24.3 Å². The molecule has 31 heavy (non-hydrogen) atoms. The topological polar surface area (TPSA) is 114 Å². The number of esters is 1. The smallest absolute Gasteiger partial charge is 0.316 e. The van der Waals surface area contributed by atoms with E-state index in [0.717, 1.165) is 0 Å². The molecule has 0 aromatic heterocycles. The molecular formula is C22H28N2O6S. The van der Waals surface area contributed by atoms with Crippen molar-refractivity contribution >= 4 is 27.4 Å². The van der Waals surface area contributed by atoms with Crippen LogP contribution in [0.4, 0.5) is 5.69 Å². The number of aliphatic hydroxyl groups is 1. The predicted molar refractivity (Wildman–Crippen MR) is 119 cm³/mol. The van der Waals surface area contributed by atoms with E-state index in [2.05, 4.69) is 9.88 Å². The third-order valence-corrected chi connectivity index (χ3v) is 5.49. The molecule has 0 aliphatic carbocycles. The molecule has 0 amide bonds. The van der Waals surface area contributed by atoms with Crippen LogP contribution in [0.5, 0.6) is 5.75 Å². The minimum absolute atomic E-state index is 0.000844. The van der Waals surface area contributed by atoms with Gasteiger partial charge in [0.25, 0.3) is 10.0 Å². The van der Waals surface area contributed by atoms with E-state index in [1.54, 1.807) is 52.0 Å². The van der Waals surface area contributed by atoms with Gasteiger partial charge in [-0.15, -0.1) is 0 Å². The molecule has 2 aromatic rings. The van der Waals surface area contributed by atoms with Crippen LogP contribution in [0.1, 0.15) is 39.7 Å². The Morgan fingerprint density at radius 1 is 1.10 bits per heavy atom. The second-order valence-corrected chi connectivity index (χ2v) is 9.53. The number of sulfonamides is 1. The number of hydrogen-bond donors (Lipinski definition) is 2. The van der Waals surface area contributed by atoms with E-state index in [4.69, 9.17) is 14.7 Å². The highest BCUT2D eigenvalue weighted by Gasteiger charge is 2.24. The van der Waals surface area contributed by atoms with E-state index in [9.17, 15) is 13.2 Å². The molecule has 9 heteroatoms. The van der Waals surface area contributed by atoms with Gasteiger partial charge in [-0.05, 0) is 58.0 Å². The molecule has 0 spiro atoms. The molecule has 0 bridgehead atoms. The molecule has 0 aliphatic heterocycles. The second-order valence-electron chi connectivity index (χ2n) is 7.85. The summed E-state index contributed by atoms with van der Waals surface area (Å²) >= 11 is 0. The number of oxime groups is 1. The average Bonchev–Trinajstić information content (AvgIpc) is 2.71. The Balaban J connectivity index is 2.19. The molecule has 0 unspecified atom stereocenters. The molecule has 0 saturated carbocycles. The Morgan fingerprint density at radius 3 is 2.35 bits per heavy atom. The fourth-order valence-corrected chi connectivity index (χ4v) is 3.44. The van der Waals surface area contributed by atoms with Crippen molar-refractivity contribution in [3.05, 3.63) is 54.1 Å². The summed E-state index contributed by atoms with van der Waals surface area (Å²) in [5, 5.41) is 12.8. The summed E-state index contributed by atoms with van der Waals surface area (Å²) in [6.45, 7) is 7.16. The lowest BCUT2D eigenvalue weighted by Crippen LogP contribution is -2.25. The number of nitrogens with one attached hydrogen (secondary N) is 1. The average molecular weight is 449 g/mol. The van der Waals surface area contributed by atoms with Crippen molar-refractivity contribution in [1.82, 2.24) is 0 Å². The van der Waals surface area contributed by atoms with Gasteiger partial charge in [0.15, 0.2) is 0 Å². The van der Waals surface area contributed by atoms with E-state index >= 15 is 0 Å². The molecule has 0 fully saturated rings. The predicted octanol–water partition coefficient (Wildman–Crippen LogP) is 3.56. The van der Waals surface area contributed by atoms with Gasteiger partial charge in [-0.2, -0.15) is 0 Å². The Bertz CT molecular complexity index is 1020. The lowest BCUT2D eigenvalue weighted by molar-refractivity contribution is -0.143. The molecule has 2 aromatic carbocycles. The summed E-state index contributed by atoms with van der Waals surface area (Å²) < 4.78 is 33.5. The molecule has 0 atom stereocenters. The third-order valence-electron chi connectivity index (χ3n) is 4.11. The first kappa shape index (κ1) is 24.4. The number of carbonyl (C=O) groups is 1. The first-order valence-electron chi connectivity index (χ1n) is 9.76. The van der Waals surface area contributed by atoms with E-state index in [-0.39, 0.29) is 23.9 Å². The van der Waals surface area contributed by atoms with Gasteiger partial charge < -0.3 is 14.7 Å². The summed E-state index contributed by atoms with van der Waals surface area (Å²) in [4.78, 5) is 17.1. The minimum Gasteiger partial charge on any atom is -0.426 e. The van der Waals surface area contributed by atoms with Crippen LogP contribution in [0.15, 0.2) is 58.6 Å². The highest BCUT2D eigenvalue weighted by atomic mass is 32.2. The fraction of sp³-hybridized carbons (Fsp3) is 0.364. The SMILES string of the molecule is C/C(=N\OCCCO)c1ccccc1NS(=O)(=O)c1ccc(OC(=O)C(C)(C)C)cc1. The lowest BCUT2D eigenvalue weighted by atomic mass is 9.97. The molecule has 0 saturated heterocycles. The summed E-state index contributed by atoms with van der Waals surface area (Å²) in [7, 11) is -3.89. The quantitative estimate of drug-likeness (QED) is 0.199. The van der Waals surface area contributed by atoms with Crippen molar-refractivity contribution in [2.24, 2.45) is 10.6 Å². The highest BCUT2D eigenvalue weighted by Crippen LogP contribution is 2.24. The van der Waals surface area contributed by atoms with Gasteiger partial charge in [-0.25, -0.2) is 8.42 Å². The molecule has 168 valence electrons. The second kappa shape index (κ2) is 10.4. The van der Waals surface area contributed by atoms with Crippen LogP contribution in [-0.4, -0.2) is 38.4 Å². The number of anilines is 1. The number of para-hydroxylation sites is 1. The Morgan fingerprint density at radius 2 is 1.74 bits per heavy atom. The van der Waals surface area contributed by atoms with Gasteiger partial charge >= 0.3 is 5.97 Å². The van der Waals surface area contributed by atoms with Crippen LogP contribution in [0, 0.1) is 5.41 Å². The lowest BCUT2D eigenvalue weighted by Gasteiger charge is -2.16. The van der Waals surface area contributed by atoms with Gasteiger partial charge in [0.2, 0.25) is 0 Å². The third kappa shape index (κ3) is 7.08. The zero-order valence-electron chi connectivity index (χ0n) is 18.1. The minimum atomic E-state index is -3.89. The molecule has 2 N–H and O–H groups in total. The van der Waals surface area contributed by atoms with Crippen LogP contribution < -0.4 is 9.46 Å². The summed E-state index contributed by atoms with van der Waals surface area (Å²) in [6, 6.07) is 12.4. The zero-order chi connectivity index (χ0) is 23.1. The first-order chi connectivity index (χ1) is 14.5. The number of benzene rings is 2. The normalized spacial score (nSPS) is 12.4. The standard InChI is InChI=1S/C22H28N2O6S/c1-16(23-29-15-7-14-25)19-8-5-6-9-20(19)24-31(27,28)18-12-10-17(11-13-18)30-21(26)22(2,3)4/h5-6,8-13,24-25H,7,14-15H2,1-4H3/b23-16+. The molecule has 0 aliphatic rings. The summed E-state index contributed by atoms with van der Waals surface area (Å²) in [6.07, 6.45) is 0.451. The van der Waals surface area contributed by atoms with Crippen LogP contribution in [0.3, 0.4) is 0 Å². The van der Waals surface area contributed by atoms with Gasteiger partial charge in [0, 0.05) is 18.6 Å². The van der Waals surface area contributed by atoms with Crippen molar-refractivity contribution in [2.75, 3.05) is 17.9 Å². The summed E-state index contributed by atoms with van der Waals surface area (Å²) in [5.74, 6) is -0.145. The largest absolute Gasteiger partial charge is 0.426 e. The van der Waals surface area contributed by atoms with Crippen LogP contribution in [0.25, 0.3) is 0 Å². The van der Waals surface area contributed by atoms with E-state index in [1.807, 2.05) is 0 Å². The molecule has 0 radical (unpaired) electrons. The van der Waals surface area contributed by atoms with Gasteiger partial charge in [0.1, 0.15) is 12.4 Å². The monoisotopic (exact) mass is 448 g/mol. The van der Waals surface area contributed by atoms with Crippen LogP contribution in [-0.2, 0) is 19.7 Å². The first-order valence-corrected chi connectivity index (χ1v) is 11.2. The maximum Gasteiger partial charge on any atom is 0.316 e. The molecule has 0 heterocycles. The van der Waals surface area contributed by atoms with Crippen molar-refractivity contribution in [3.8, 4) is 5.75 Å². The fourth-order valence-electron chi connectivity index (χ4n) is 2.36. The molecule has 8 nitrogen and oxygen atoms in total. The van der Waals surface area contributed by atoms with Crippen LogP contribution in [0.2, 0.25) is 0 Å². The Labute approximate surface area is 182 Å². The van der Waals surface area contributed by atoms with E-state index < -0.39 is 21.4 Å². The van der Waals surface area contributed by atoms with Crippen molar-refractivity contribution in [2.45, 2.75) is 39.0 Å². The number of hydrogen-bond acceptors (Lipinski definition) is 7. The Kier molecular flexibility index (Phi) is 8.18. The van der Waals surface area contributed by atoms with E-state index in [0.29, 0.717) is 23.4 Å². The van der Waals surface area contributed by atoms with Crippen molar-refractivity contribution < 1.29 is 27.9 Å². The molecular weight excluding hydrogens is 420 g/mol. The maximum atomic E-state index is 12.9. The number of ether oxygens (including phenoxy) is 1. The number of rotatable bonds is 9.